The fourth-order valence-electron chi connectivity index (χ4n) is 3.26. The zero-order valence-electron chi connectivity index (χ0n) is 14.1. The van der Waals surface area contributed by atoms with Crippen LogP contribution in [0.15, 0.2) is 24.3 Å². The van der Waals surface area contributed by atoms with E-state index in [0.717, 1.165) is 0 Å². The number of phenolic OH excluding ortho intramolecular Hbond substituents is 1. The van der Waals surface area contributed by atoms with E-state index in [2.05, 4.69) is 10.6 Å². The maximum atomic E-state index is 13.2. The fourth-order valence-corrected chi connectivity index (χ4v) is 3.26. The van der Waals surface area contributed by atoms with Gasteiger partial charge in [0, 0.05) is 31.1 Å². The molecule has 1 aromatic carbocycles. The molecule has 6 nitrogen and oxygen atoms in total. The second-order valence-corrected chi connectivity index (χ2v) is 6.63. The van der Waals surface area contributed by atoms with Gasteiger partial charge in [-0.3, -0.25) is 14.9 Å². The van der Waals surface area contributed by atoms with Crippen LogP contribution in [0.25, 0.3) is 0 Å². The third-order valence-electron chi connectivity index (χ3n) is 4.72. The summed E-state index contributed by atoms with van der Waals surface area (Å²) in [6.07, 6.45) is 0.532. The van der Waals surface area contributed by atoms with Crippen LogP contribution in [-0.2, 0) is 9.59 Å². The van der Waals surface area contributed by atoms with E-state index in [-0.39, 0.29) is 35.9 Å². The number of anilines is 1. The standard InChI is InChI=1S/C17H21F2N3O3.ClH/c18-17(19)9-14(20-10-17)16(25)22-7-5-11(6-8-22)15(24)21-12-1-3-13(23)4-2-12;/h1-4,11,14,20,23H,5-10H2,(H,21,24);1H. The SMILES string of the molecule is Cl.O=C(Nc1ccc(O)cc1)C1CCN(C(=O)C2CC(F)(F)CN2)CC1. The number of likely N-dealkylation sites (tertiary alicyclic amines) is 1. The summed E-state index contributed by atoms with van der Waals surface area (Å²) in [6.45, 7) is 0.307. The zero-order chi connectivity index (χ0) is 18.0. The highest BCUT2D eigenvalue weighted by Gasteiger charge is 2.44. The molecule has 1 atom stereocenters. The molecule has 9 heteroatoms. The lowest BCUT2D eigenvalue weighted by molar-refractivity contribution is -0.136. The minimum Gasteiger partial charge on any atom is -0.508 e. The van der Waals surface area contributed by atoms with Crippen LogP contribution in [0.2, 0.25) is 0 Å². The van der Waals surface area contributed by atoms with Crippen LogP contribution in [0.4, 0.5) is 14.5 Å². The van der Waals surface area contributed by atoms with Crippen LogP contribution in [0, 0.1) is 5.92 Å². The van der Waals surface area contributed by atoms with Crippen molar-refractivity contribution in [1.29, 1.82) is 0 Å². The predicted molar refractivity (Wildman–Crippen MR) is 94.6 cm³/mol. The van der Waals surface area contributed by atoms with E-state index in [4.69, 9.17) is 0 Å². The molecule has 2 amide bonds. The molecule has 0 radical (unpaired) electrons. The van der Waals surface area contributed by atoms with E-state index in [9.17, 15) is 23.5 Å². The molecule has 0 aliphatic carbocycles. The van der Waals surface area contributed by atoms with Crippen LogP contribution in [0.5, 0.6) is 5.75 Å². The first-order chi connectivity index (χ1) is 11.8. The second kappa shape index (κ2) is 8.18. The Kier molecular flexibility index (Phi) is 6.41. The van der Waals surface area contributed by atoms with Gasteiger partial charge in [0.2, 0.25) is 11.8 Å². The van der Waals surface area contributed by atoms with Crippen molar-refractivity contribution < 1.29 is 23.5 Å². The highest BCUT2D eigenvalue weighted by molar-refractivity contribution is 5.93. The number of nitrogens with zero attached hydrogens (tertiary/aromatic N) is 1. The molecule has 2 saturated heterocycles. The molecule has 3 N–H and O–H groups in total. The molecular weight excluding hydrogens is 368 g/mol. The quantitative estimate of drug-likeness (QED) is 0.690. The number of benzene rings is 1. The molecule has 1 unspecified atom stereocenters. The Labute approximate surface area is 156 Å². The number of hydrogen-bond acceptors (Lipinski definition) is 4. The van der Waals surface area contributed by atoms with Crippen molar-refractivity contribution in [2.24, 2.45) is 5.92 Å². The number of hydrogen-bond donors (Lipinski definition) is 3. The summed E-state index contributed by atoms with van der Waals surface area (Å²) in [5, 5.41) is 14.6. The van der Waals surface area contributed by atoms with Crippen molar-refractivity contribution in [3.63, 3.8) is 0 Å². The molecule has 2 aliphatic rings. The molecule has 2 aliphatic heterocycles. The van der Waals surface area contributed by atoms with Crippen molar-refractivity contribution in [3.05, 3.63) is 24.3 Å². The summed E-state index contributed by atoms with van der Waals surface area (Å²) < 4.78 is 26.4. The van der Waals surface area contributed by atoms with Crippen LogP contribution >= 0.6 is 12.4 Å². The molecule has 0 spiro atoms. The third kappa shape index (κ3) is 4.82. The first-order valence-corrected chi connectivity index (χ1v) is 8.34. The summed E-state index contributed by atoms with van der Waals surface area (Å²) in [4.78, 5) is 26.1. The molecule has 3 rings (SSSR count). The first-order valence-electron chi connectivity index (χ1n) is 8.34. The summed E-state index contributed by atoms with van der Waals surface area (Å²) >= 11 is 0. The van der Waals surface area contributed by atoms with Crippen LogP contribution < -0.4 is 10.6 Å². The number of halogens is 3. The number of carbonyl (C=O) groups excluding carboxylic acids is 2. The Bertz CT molecular complexity index is 649. The Morgan fingerprint density at radius 3 is 2.35 bits per heavy atom. The lowest BCUT2D eigenvalue weighted by atomic mass is 9.95. The van der Waals surface area contributed by atoms with Crippen LogP contribution in [0.1, 0.15) is 19.3 Å². The first kappa shape index (κ1) is 20.4. The zero-order valence-corrected chi connectivity index (χ0v) is 14.9. The van der Waals surface area contributed by atoms with Gasteiger partial charge in [-0.15, -0.1) is 12.4 Å². The molecule has 2 heterocycles. The molecule has 0 aromatic heterocycles. The largest absolute Gasteiger partial charge is 0.508 e. The minimum absolute atomic E-state index is 0. The van der Waals surface area contributed by atoms with Gasteiger partial charge in [0.15, 0.2) is 0 Å². The maximum absolute atomic E-state index is 13.2. The normalized spacial score (nSPS) is 22.5. The maximum Gasteiger partial charge on any atom is 0.262 e. The number of piperidine rings is 1. The summed E-state index contributed by atoms with van der Waals surface area (Å²) in [7, 11) is 0. The number of phenols is 1. The van der Waals surface area contributed by atoms with Crippen molar-refractivity contribution in [2.75, 3.05) is 25.0 Å². The number of nitrogens with one attached hydrogen (secondary N) is 2. The summed E-state index contributed by atoms with van der Waals surface area (Å²) in [5.41, 5.74) is 0.596. The van der Waals surface area contributed by atoms with Gasteiger partial charge in [-0.1, -0.05) is 0 Å². The Hall–Kier alpha value is -1.93. The number of carbonyl (C=O) groups is 2. The molecule has 144 valence electrons. The van der Waals surface area contributed by atoms with Crippen molar-refractivity contribution >= 4 is 29.9 Å². The number of alkyl halides is 2. The van der Waals surface area contributed by atoms with E-state index >= 15 is 0 Å². The van der Waals surface area contributed by atoms with Crippen LogP contribution in [-0.4, -0.2) is 53.4 Å². The molecule has 0 saturated carbocycles. The predicted octanol–water partition coefficient (Wildman–Crippen LogP) is 1.99. The average molecular weight is 390 g/mol. The van der Waals surface area contributed by atoms with E-state index in [0.29, 0.717) is 31.6 Å². The second-order valence-electron chi connectivity index (χ2n) is 6.63. The smallest absolute Gasteiger partial charge is 0.262 e. The van der Waals surface area contributed by atoms with Gasteiger partial charge in [-0.05, 0) is 37.1 Å². The number of rotatable bonds is 3. The van der Waals surface area contributed by atoms with Crippen molar-refractivity contribution in [3.8, 4) is 5.75 Å². The highest BCUT2D eigenvalue weighted by atomic mass is 35.5. The molecule has 0 bridgehead atoms. The average Bonchev–Trinajstić information content (AvgIpc) is 2.96. The Morgan fingerprint density at radius 1 is 1.19 bits per heavy atom. The lowest BCUT2D eigenvalue weighted by Crippen LogP contribution is -2.48. The monoisotopic (exact) mass is 389 g/mol. The van der Waals surface area contributed by atoms with Gasteiger partial charge in [-0.2, -0.15) is 0 Å². The molecule has 1 aromatic rings. The Balaban J connectivity index is 0.00000243. The highest BCUT2D eigenvalue weighted by Crippen LogP contribution is 2.27. The van der Waals surface area contributed by atoms with Gasteiger partial charge < -0.3 is 15.3 Å². The van der Waals surface area contributed by atoms with Gasteiger partial charge in [0.05, 0.1) is 12.6 Å². The van der Waals surface area contributed by atoms with Crippen molar-refractivity contribution in [1.82, 2.24) is 10.2 Å². The third-order valence-corrected chi connectivity index (χ3v) is 4.72. The fraction of sp³-hybridized carbons (Fsp3) is 0.529. The van der Waals surface area contributed by atoms with Gasteiger partial charge in [0.1, 0.15) is 5.75 Å². The summed E-state index contributed by atoms with van der Waals surface area (Å²) in [5.74, 6) is -3.38. The van der Waals surface area contributed by atoms with Gasteiger partial charge in [-0.25, -0.2) is 8.78 Å². The number of aromatic hydroxyl groups is 1. The number of amides is 2. The van der Waals surface area contributed by atoms with Gasteiger partial charge >= 0.3 is 0 Å². The van der Waals surface area contributed by atoms with E-state index < -0.39 is 24.9 Å². The van der Waals surface area contributed by atoms with Gasteiger partial charge in [0.25, 0.3) is 5.92 Å². The van der Waals surface area contributed by atoms with Crippen molar-refractivity contribution in [2.45, 2.75) is 31.2 Å². The van der Waals surface area contributed by atoms with E-state index in [1.807, 2.05) is 0 Å². The van der Waals surface area contributed by atoms with E-state index in [1.54, 1.807) is 17.0 Å². The van der Waals surface area contributed by atoms with E-state index in [1.165, 1.54) is 12.1 Å². The minimum atomic E-state index is -2.83. The molecular formula is C17H22ClF2N3O3. The lowest BCUT2D eigenvalue weighted by Gasteiger charge is -2.33. The molecule has 26 heavy (non-hydrogen) atoms. The van der Waals surface area contributed by atoms with Crippen LogP contribution in [0.3, 0.4) is 0 Å². The summed E-state index contributed by atoms with van der Waals surface area (Å²) in [6, 6.07) is 5.36. The molecule has 2 fully saturated rings. The topological polar surface area (TPSA) is 81.7 Å². The Morgan fingerprint density at radius 2 is 1.81 bits per heavy atom.